The number of nitrogens with one attached hydrogen (secondary N) is 1. The van der Waals surface area contributed by atoms with Gasteiger partial charge in [0.2, 0.25) is 0 Å². The van der Waals surface area contributed by atoms with Gasteiger partial charge in [0.1, 0.15) is 5.82 Å². The molecule has 3 rings (SSSR count). The Labute approximate surface area is 171 Å². The Balaban J connectivity index is 1.83. The molecule has 1 aromatic heterocycles. The second-order valence-corrected chi connectivity index (χ2v) is 6.35. The summed E-state index contributed by atoms with van der Waals surface area (Å²) in [6, 6.07) is 14.7. The molecule has 0 aliphatic rings. The number of ether oxygens (including phenoxy) is 1. The van der Waals surface area contributed by atoms with Crippen LogP contribution >= 0.6 is 11.6 Å². The molecule has 0 saturated carbocycles. The van der Waals surface area contributed by atoms with E-state index in [1.807, 2.05) is 12.1 Å². The fraction of sp³-hybridized carbons (Fsp3) is 0.0476. The van der Waals surface area contributed by atoms with Gasteiger partial charge in [-0.05, 0) is 60.7 Å². The highest BCUT2D eigenvalue weighted by molar-refractivity contribution is 6.30. The van der Waals surface area contributed by atoms with Crippen molar-refractivity contribution in [2.24, 2.45) is 0 Å². The highest BCUT2D eigenvalue weighted by atomic mass is 35.5. The molecule has 0 spiro atoms. The smallest absolute Gasteiger partial charge is 0.311 e. The third-order valence-electron chi connectivity index (χ3n) is 4.02. The molecule has 0 aliphatic carbocycles. The van der Waals surface area contributed by atoms with Gasteiger partial charge in [-0.1, -0.05) is 11.6 Å². The number of pyridine rings is 1. The number of carbonyl (C=O) groups is 1. The maximum atomic E-state index is 12.5. The van der Waals surface area contributed by atoms with Gasteiger partial charge >= 0.3 is 5.69 Å². The van der Waals surface area contributed by atoms with E-state index in [1.165, 1.54) is 31.4 Å². The van der Waals surface area contributed by atoms with Crippen molar-refractivity contribution in [3.8, 4) is 5.75 Å². The third-order valence-corrected chi connectivity index (χ3v) is 4.27. The van der Waals surface area contributed by atoms with Crippen LogP contribution in [0.5, 0.6) is 5.75 Å². The van der Waals surface area contributed by atoms with Gasteiger partial charge in [-0.3, -0.25) is 14.9 Å². The van der Waals surface area contributed by atoms with Gasteiger partial charge in [-0.15, -0.1) is 0 Å². The summed E-state index contributed by atoms with van der Waals surface area (Å²) in [7, 11) is 1.33. The van der Waals surface area contributed by atoms with Crippen molar-refractivity contribution in [3.05, 3.63) is 93.1 Å². The minimum atomic E-state index is -0.589. The first-order chi connectivity index (χ1) is 14.0. The Bertz CT molecular complexity index is 1080. The first-order valence-electron chi connectivity index (χ1n) is 8.50. The molecule has 0 aliphatic heterocycles. The molecule has 0 fully saturated rings. The Hall–Kier alpha value is -3.71. The predicted molar refractivity (Wildman–Crippen MR) is 112 cm³/mol. The fourth-order valence-corrected chi connectivity index (χ4v) is 2.70. The molecule has 0 unspecified atom stereocenters. The van der Waals surface area contributed by atoms with Gasteiger partial charge in [0.15, 0.2) is 11.5 Å². The summed E-state index contributed by atoms with van der Waals surface area (Å²) in [5, 5.41) is 14.9. The van der Waals surface area contributed by atoms with E-state index >= 15 is 0 Å². The van der Waals surface area contributed by atoms with Crippen molar-refractivity contribution in [2.75, 3.05) is 12.4 Å². The van der Waals surface area contributed by atoms with Gasteiger partial charge in [0, 0.05) is 34.1 Å². The first-order valence-corrected chi connectivity index (χ1v) is 8.88. The standard InChI is InChI=1S/C21H16ClN3O4/c1-29-20-11-5-15(13-18(20)25(27)28)19(26)10-4-14-3-2-12-23-21(14)24-17-8-6-16(22)7-9-17/h2-13H,1H3,(H,23,24)/b10-4+. The van der Waals surface area contributed by atoms with E-state index in [0.717, 1.165) is 5.69 Å². The van der Waals surface area contributed by atoms with E-state index in [9.17, 15) is 14.9 Å². The second kappa shape index (κ2) is 8.99. The number of rotatable bonds is 7. The van der Waals surface area contributed by atoms with Crippen molar-refractivity contribution >= 4 is 40.7 Å². The maximum absolute atomic E-state index is 12.5. The first kappa shape index (κ1) is 20.0. The van der Waals surface area contributed by atoms with E-state index in [1.54, 1.807) is 36.5 Å². The minimum absolute atomic E-state index is 0.0947. The largest absolute Gasteiger partial charge is 0.490 e. The topological polar surface area (TPSA) is 94.4 Å². The van der Waals surface area contributed by atoms with Crippen LogP contribution in [0.1, 0.15) is 15.9 Å². The number of carbonyl (C=O) groups excluding carboxylic acids is 1. The molecular weight excluding hydrogens is 394 g/mol. The Kier molecular flexibility index (Phi) is 6.21. The molecule has 0 saturated heterocycles. The van der Waals surface area contributed by atoms with E-state index in [2.05, 4.69) is 10.3 Å². The summed E-state index contributed by atoms with van der Waals surface area (Å²) in [6.07, 6.45) is 4.57. The van der Waals surface area contributed by atoms with E-state index in [4.69, 9.17) is 16.3 Å². The number of halogens is 1. The number of ketones is 1. The monoisotopic (exact) mass is 409 g/mol. The average molecular weight is 410 g/mol. The number of aromatic nitrogens is 1. The summed E-state index contributed by atoms with van der Waals surface area (Å²) >= 11 is 5.90. The predicted octanol–water partition coefficient (Wildman–Crippen LogP) is 5.29. The number of methoxy groups -OCH3 is 1. The van der Waals surface area contributed by atoms with Crippen LogP contribution in [0.15, 0.2) is 66.9 Å². The molecule has 1 N–H and O–H groups in total. The van der Waals surface area contributed by atoms with Crippen molar-refractivity contribution in [3.63, 3.8) is 0 Å². The molecule has 2 aromatic carbocycles. The van der Waals surface area contributed by atoms with Crippen LogP contribution in [0.25, 0.3) is 6.08 Å². The van der Waals surface area contributed by atoms with Crippen LogP contribution in [0.4, 0.5) is 17.2 Å². The van der Waals surface area contributed by atoms with Crippen molar-refractivity contribution in [1.82, 2.24) is 4.98 Å². The Morgan fingerprint density at radius 1 is 1.21 bits per heavy atom. The third kappa shape index (κ3) is 4.97. The summed E-state index contributed by atoms with van der Waals surface area (Å²) < 4.78 is 4.95. The van der Waals surface area contributed by atoms with E-state index in [0.29, 0.717) is 16.4 Å². The maximum Gasteiger partial charge on any atom is 0.311 e. The zero-order valence-electron chi connectivity index (χ0n) is 15.3. The van der Waals surface area contributed by atoms with Crippen LogP contribution < -0.4 is 10.1 Å². The Morgan fingerprint density at radius 2 is 1.97 bits per heavy atom. The SMILES string of the molecule is COc1ccc(C(=O)/C=C/c2cccnc2Nc2ccc(Cl)cc2)cc1[N+](=O)[O-]. The lowest BCUT2D eigenvalue weighted by molar-refractivity contribution is -0.385. The number of nitro groups is 1. The summed E-state index contributed by atoms with van der Waals surface area (Å²) in [5.74, 6) is 0.272. The molecule has 0 bridgehead atoms. The lowest BCUT2D eigenvalue weighted by atomic mass is 10.1. The summed E-state index contributed by atoms with van der Waals surface area (Å²) in [4.78, 5) is 27.3. The average Bonchev–Trinajstić information content (AvgIpc) is 2.74. The fourth-order valence-electron chi connectivity index (χ4n) is 2.57. The minimum Gasteiger partial charge on any atom is -0.490 e. The van der Waals surface area contributed by atoms with Gasteiger partial charge < -0.3 is 10.1 Å². The molecule has 8 heteroatoms. The zero-order chi connectivity index (χ0) is 20.8. The van der Waals surface area contributed by atoms with Crippen LogP contribution in [0.3, 0.4) is 0 Å². The number of nitrogens with zero attached hydrogens (tertiary/aromatic N) is 2. The van der Waals surface area contributed by atoms with Crippen LogP contribution in [-0.2, 0) is 0 Å². The number of hydrogen-bond acceptors (Lipinski definition) is 6. The molecule has 1 heterocycles. The zero-order valence-corrected chi connectivity index (χ0v) is 16.1. The van der Waals surface area contributed by atoms with Gasteiger partial charge in [0.05, 0.1) is 12.0 Å². The number of anilines is 2. The number of allylic oxidation sites excluding steroid dienone is 1. The molecule has 146 valence electrons. The highest BCUT2D eigenvalue weighted by Gasteiger charge is 2.17. The van der Waals surface area contributed by atoms with Gasteiger partial charge in [-0.2, -0.15) is 0 Å². The van der Waals surface area contributed by atoms with Gasteiger partial charge in [0.25, 0.3) is 0 Å². The number of nitro benzene ring substituents is 1. The quantitative estimate of drug-likeness (QED) is 0.246. The number of hydrogen-bond donors (Lipinski definition) is 1. The molecule has 0 amide bonds. The summed E-state index contributed by atoms with van der Waals surface area (Å²) in [6.45, 7) is 0. The van der Waals surface area contributed by atoms with Gasteiger partial charge in [-0.25, -0.2) is 4.98 Å². The van der Waals surface area contributed by atoms with Crippen LogP contribution in [0.2, 0.25) is 5.02 Å². The second-order valence-electron chi connectivity index (χ2n) is 5.91. The number of benzene rings is 2. The normalized spacial score (nSPS) is 10.7. The highest BCUT2D eigenvalue weighted by Crippen LogP contribution is 2.28. The molecule has 0 atom stereocenters. The lowest BCUT2D eigenvalue weighted by Crippen LogP contribution is -2.00. The van der Waals surface area contributed by atoms with Crippen molar-refractivity contribution < 1.29 is 14.5 Å². The van der Waals surface area contributed by atoms with Crippen molar-refractivity contribution in [1.29, 1.82) is 0 Å². The van der Waals surface area contributed by atoms with Crippen molar-refractivity contribution in [2.45, 2.75) is 0 Å². The summed E-state index contributed by atoms with van der Waals surface area (Å²) in [5.41, 5.74) is 1.39. The molecular formula is C21H16ClN3O4. The van der Waals surface area contributed by atoms with Crippen LogP contribution in [0, 0.1) is 10.1 Å². The lowest BCUT2D eigenvalue weighted by Gasteiger charge is -2.08. The van der Waals surface area contributed by atoms with Crippen LogP contribution in [-0.4, -0.2) is 22.8 Å². The molecule has 3 aromatic rings. The molecule has 7 nitrogen and oxygen atoms in total. The molecule has 29 heavy (non-hydrogen) atoms. The molecule has 0 radical (unpaired) electrons. The Morgan fingerprint density at radius 3 is 2.66 bits per heavy atom. The van der Waals surface area contributed by atoms with E-state index < -0.39 is 4.92 Å². The van der Waals surface area contributed by atoms with E-state index in [-0.39, 0.29) is 22.8 Å².